The second kappa shape index (κ2) is 6.76. The molecule has 1 unspecified atom stereocenters. The molecule has 0 amide bonds. The third kappa shape index (κ3) is 4.31. The van der Waals surface area contributed by atoms with Gasteiger partial charge in [-0.25, -0.2) is 0 Å². The minimum atomic E-state index is -0.690. The Hall–Kier alpha value is -1.06. The van der Waals surface area contributed by atoms with Gasteiger partial charge in [0, 0.05) is 0 Å². The van der Waals surface area contributed by atoms with Crippen molar-refractivity contribution in [1.82, 2.24) is 0 Å². The molecule has 4 heteroatoms. The number of carbonyl (C=O) groups excluding carboxylic acids is 2. The molecule has 0 heterocycles. The van der Waals surface area contributed by atoms with Gasteiger partial charge >= 0.3 is 11.9 Å². The first-order valence-corrected chi connectivity index (χ1v) is 6.49. The molecule has 0 aromatic rings. The van der Waals surface area contributed by atoms with Crippen LogP contribution >= 0.6 is 0 Å². The van der Waals surface area contributed by atoms with Gasteiger partial charge in [0.05, 0.1) is 24.5 Å². The summed E-state index contributed by atoms with van der Waals surface area (Å²) >= 11 is 0. The molecular formula is C14H26O4. The minimum absolute atomic E-state index is 0.233. The van der Waals surface area contributed by atoms with Crippen LogP contribution in [0.15, 0.2) is 0 Å². The highest BCUT2D eigenvalue weighted by atomic mass is 16.5. The monoisotopic (exact) mass is 258 g/mol. The van der Waals surface area contributed by atoms with Crippen molar-refractivity contribution in [1.29, 1.82) is 0 Å². The van der Waals surface area contributed by atoms with Gasteiger partial charge in [-0.15, -0.1) is 0 Å². The maximum absolute atomic E-state index is 12.1. The molecule has 106 valence electrons. The Labute approximate surface area is 110 Å². The smallest absolute Gasteiger partial charge is 0.311 e. The number of hydrogen-bond acceptors (Lipinski definition) is 4. The van der Waals surface area contributed by atoms with Crippen LogP contribution in [0.25, 0.3) is 0 Å². The quantitative estimate of drug-likeness (QED) is 0.659. The second-order valence-electron chi connectivity index (χ2n) is 5.60. The van der Waals surface area contributed by atoms with E-state index in [1.54, 1.807) is 13.8 Å². The van der Waals surface area contributed by atoms with Crippen molar-refractivity contribution in [3.63, 3.8) is 0 Å². The molecule has 0 saturated carbocycles. The summed E-state index contributed by atoms with van der Waals surface area (Å²) < 4.78 is 9.99. The number of hydrogen-bond donors (Lipinski definition) is 0. The topological polar surface area (TPSA) is 52.6 Å². The molecule has 0 spiro atoms. The van der Waals surface area contributed by atoms with Crippen LogP contribution in [-0.4, -0.2) is 25.7 Å². The first-order chi connectivity index (χ1) is 8.23. The zero-order chi connectivity index (χ0) is 14.4. The van der Waals surface area contributed by atoms with E-state index in [2.05, 4.69) is 0 Å². The summed E-state index contributed by atoms with van der Waals surface area (Å²) in [6, 6.07) is 0. The molecule has 0 bridgehead atoms. The Kier molecular flexibility index (Phi) is 6.36. The molecule has 0 aromatic heterocycles. The molecule has 0 saturated heterocycles. The third-order valence-electron chi connectivity index (χ3n) is 3.28. The van der Waals surface area contributed by atoms with Gasteiger partial charge in [-0.05, 0) is 40.0 Å². The van der Waals surface area contributed by atoms with Crippen molar-refractivity contribution in [2.75, 3.05) is 13.7 Å². The Morgan fingerprint density at radius 2 is 1.61 bits per heavy atom. The second-order valence-corrected chi connectivity index (χ2v) is 5.60. The van der Waals surface area contributed by atoms with Crippen LogP contribution in [0, 0.1) is 10.8 Å². The summed E-state index contributed by atoms with van der Waals surface area (Å²) in [7, 11) is 1.36. The molecule has 0 N–H and O–H groups in total. The third-order valence-corrected chi connectivity index (χ3v) is 3.28. The molecule has 0 aliphatic carbocycles. The molecule has 18 heavy (non-hydrogen) atoms. The van der Waals surface area contributed by atoms with Crippen molar-refractivity contribution >= 4 is 11.9 Å². The Morgan fingerprint density at radius 3 is 2.00 bits per heavy atom. The van der Waals surface area contributed by atoms with E-state index in [4.69, 9.17) is 9.47 Å². The highest BCUT2D eigenvalue weighted by molar-refractivity contribution is 5.80. The normalized spacial score (nSPS) is 14.8. The average Bonchev–Trinajstić information content (AvgIpc) is 2.33. The van der Waals surface area contributed by atoms with E-state index in [1.807, 2.05) is 20.8 Å². The van der Waals surface area contributed by atoms with Crippen molar-refractivity contribution in [2.45, 2.75) is 53.9 Å². The van der Waals surface area contributed by atoms with Gasteiger partial charge in [0.1, 0.15) is 0 Å². The van der Waals surface area contributed by atoms with Gasteiger partial charge in [0.15, 0.2) is 0 Å². The zero-order valence-corrected chi connectivity index (χ0v) is 12.5. The number of carbonyl (C=O) groups is 2. The Balaban J connectivity index is 4.85. The molecule has 0 aliphatic rings. The van der Waals surface area contributed by atoms with E-state index in [1.165, 1.54) is 7.11 Å². The molecule has 0 aliphatic heterocycles. The molecule has 0 aromatic carbocycles. The lowest BCUT2D eigenvalue weighted by atomic mass is 9.72. The van der Waals surface area contributed by atoms with E-state index >= 15 is 0 Å². The van der Waals surface area contributed by atoms with Crippen LogP contribution in [0.1, 0.15) is 53.9 Å². The van der Waals surface area contributed by atoms with Crippen LogP contribution in [0.3, 0.4) is 0 Å². The summed E-state index contributed by atoms with van der Waals surface area (Å²) in [5.74, 6) is -0.533. The summed E-state index contributed by atoms with van der Waals surface area (Å²) in [5, 5.41) is 0. The predicted octanol–water partition coefficient (Wildman–Crippen LogP) is 2.95. The fourth-order valence-corrected chi connectivity index (χ4v) is 2.03. The lowest BCUT2D eigenvalue weighted by Crippen LogP contribution is -2.38. The van der Waals surface area contributed by atoms with Crippen LogP contribution in [0.2, 0.25) is 0 Å². The van der Waals surface area contributed by atoms with Crippen molar-refractivity contribution in [3.05, 3.63) is 0 Å². The molecule has 0 rings (SSSR count). The molecular weight excluding hydrogens is 232 g/mol. The summed E-state index contributed by atoms with van der Waals surface area (Å²) in [4.78, 5) is 23.8. The van der Waals surface area contributed by atoms with Crippen LogP contribution < -0.4 is 0 Å². The van der Waals surface area contributed by atoms with Crippen LogP contribution in [0.4, 0.5) is 0 Å². The van der Waals surface area contributed by atoms with E-state index in [-0.39, 0.29) is 11.9 Å². The van der Waals surface area contributed by atoms with Gasteiger partial charge in [-0.2, -0.15) is 0 Å². The summed E-state index contributed by atoms with van der Waals surface area (Å²) in [6.45, 7) is 9.73. The fourth-order valence-electron chi connectivity index (χ4n) is 2.03. The SMILES string of the molecule is CCCOC(=O)C(C)(CC)CC(C)(C)C(=O)OC. The van der Waals surface area contributed by atoms with Crippen molar-refractivity contribution < 1.29 is 19.1 Å². The summed E-state index contributed by atoms with van der Waals surface area (Å²) in [6.07, 6.45) is 1.85. The number of ether oxygens (including phenoxy) is 2. The fraction of sp³-hybridized carbons (Fsp3) is 0.857. The molecule has 0 radical (unpaired) electrons. The van der Waals surface area contributed by atoms with E-state index < -0.39 is 10.8 Å². The zero-order valence-electron chi connectivity index (χ0n) is 12.5. The average molecular weight is 258 g/mol. The largest absolute Gasteiger partial charge is 0.469 e. The number of methoxy groups -OCH3 is 1. The van der Waals surface area contributed by atoms with Crippen LogP contribution in [0.5, 0.6) is 0 Å². The van der Waals surface area contributed by atoms with E-state index in [0.717, 1.165) is 6.42 Å². The highest BCUT2D eigenvalue weighted by Crippen LogP contribution is 2.38. The van der Waals surface area contributed by atoms with Gasteiger partial charge in [-0.3, -0.25) is 9.59 Å². The van der Waals surface area contributed by atoms with Crippen LogP contribution in [-0.2, 0) is 19.1 Å². The maximum atomic E-state index is 12.1. The summed E-state index contributed by atoms with van der Waals surface area (Å²) in [5.41, 5.74) is -1.34. The van der Waals surface area contributed by atoms with Crippen molar-refractivity contribution in [2.24, 2.45) is 10.8 Å². The lowest BCUT2D eigenvalue weighted by molar-refractivity contribution is -0.161. The Bertz CT molecular complexity index is 296. The van der Waals surface area contributed by atoms with Gasteiger partial charge in [0.25, 0.3) is 0 Å². The standard InChI is InChI=1S/C14H26O4/c1-7-9-18-12(16)14(5,8-2)10-13(3,4)11(15)17-6/h7-10H2,1-6H3. The first kappa shape index (κ1) is 16.9. The van der Waals surface area contributed by atoms with Gasteiger partial charge in [-0.1, -0.05) is 13.8 Å². The Morgan fingerprint density at radius 1 is 1.06 bits per heavy atom. The number of esters is 2. The van der Waals surface area contributed by atoms with E-state index in [9.17, 15) is 9.59 Å². The maximum Gasteiger partial charge on any atom is 0.311 e. The molecule has 1 atom stereocenters. The molecule has 4 nitrogen and oxygen atoms in total. The predicted molar refractivity (Wildman–Crippen MR) is 70.1 cm³/mol. The first-order valence-electron chi connectivity index (χ1n) is 6.49. The van der Waals surface area contributed by atoms with Crippen molar-refractivity contribution in [3.8, 4) is 0 Å². The molecule has 0 fully saturated rings. The minimum Gasteiger partial charge on any atom is -0.469 e. The van der Waals surface area contributed by atoms with E-state index in [0.29, 0.717) is 19.4 Å². The lowest BCUT2D eigenvalue weighted by Gasteiger charge is -2.33. The number of rotatable bonds is 7. The van der Waals surface area contributed by atoms with Gasteiger partial charge < -0.3 is 9.47 Å². The van der Waals surface area contributed by atoms with Gasteiger partial charge in [0.2, 0.25) is 0 Å². The highest BCUT2D eigenvalue weighted by Gasteiger charge is 2.42.